The van der Waals surface area contributed by atoms with Gasteiger partial charge >= 0.3 is 0 Å². The molecular weight excluding hydrogens is 272 g/mol. The summed E-state index contributed by atoms with van der Waals surface area (Å²) in [6.45, 7) is 3.03. The van der Waals surface area contributed by atoms with Crippen LogP contribution in [-0.4, -0.2) is 29.4 Å². The predicted molar refractivity (Wildman–Crippen MR) is 82.8 cm³/mol. The number of carbonyl (C=O) groups excluding carboxylic acids is 1. The highest BCUT2D eigenvalue weighted by molar-refractivity contribution is 6.30. The van der Waals surface area contributed by atoms with Crippen LogP contribution in [0.4, 0.5) is 0 Å². The lowest BCUT2D eigenvalue weighted by atomic mass is 10.0. The van der Waals surface area contributed by atoms with Crippen molar-refractivity contribution in [2.45, 2.75) is 51.1 Å². The third-order valence-electron chi connectivity index (χ3n) is 3.99. The SMILES string of the molecule is CC[C@@H]1CCCN1C(=O)CC(N)Cc1cccc(Cl)c1. The molecule has 1 heterocycles. The fourth-order valence-electron chi connectivity index (χ4n) is 2.97. The first-order valence-corrected chi connectivity index (χ1v) is 7.77. The van der Waals surface area contributed by atoms with Gasteiger partial charge in [-0.2, -0.15) is 0 Å². The van der Waals surface area contributed by atoms with Gasteiger partial charge in [0.2, 0.25) is 5.91 Å². The van der Waals surface area contributed by atoms with Gasteiger partial charge in [0.1, 0.15) is 0 Å². The molecule has 1 unspecified atom stereocenters. The maximum absolute atomic E-state index is 12.3. The van der Waals surface area contributed by atoms with E-state index in [1.807, 2.05) is 29.2 Å². The summed E-state index contributed by atoms with van der Waals surface area (Å²) >= 11 is 5.96. The first-order valence-electron chi connectivity index (χ1n) is 7.39. The number of benzene rings is 1. The van der Waals surface area contributed by atoms with E-state index >= 15 is 0 Å². The molecule has 0 aromatic heterocycles. The molecular formula is C16H23ClN2O. The molecule has 1 saturated heterocycles. The minimum absolute atomic E-state index is 0.140. The average Bonchev–Trinajstić information content (AvgIpc) is 2.86. The Labute approximate surface area is 126 Å². The maximum atomic E-state index is 12.3. The van der Waals surface area contributed by atoms with Crippen LogP contribution < -0.4 is 5.73 Å². The van der Waals surface area contributed by atoms with Crippen molar-refractivity contribution < 1.29 is 4.79 Å². The second kappa shape index (κ2) is 7.09. The fourth-order valence-corrected chi connectivity index (χ4v) is 3.18. The molecule has 3 nitrogen and oxygen atoms in total. The van der Waals surface area contributed by atoms with Crippen molar-refractivity contribution in [3.8, 4) is 0 Å². The lowest BCUT2D eigenvalue weighted by Crippen LogP contribution is -2.39. The molecule has 1 aromatic rings. The number of carbonyl (C=O) groups is 1. The molecule has 0 aliphatic carbocycles. The molecule has 2 atom stereocenters. The van der Waals surface area contributed by atoms with Crippen molar-refractivity contribution >= 4 is 17.5 Å². The maximum Gasteiger partial charge on any atom is 0.224 e. The van der Waals surface area contributed by atoms with Crippen molar-refractivity contribution in [3.63, 3.8) is 0 Å². The Morgan fingerprint density at radius 3 is 3.05 bits per heavy atom. The molecule has 1 aliphatic heterocycles. The van der Waals surface area contributed by atoms with Crippen LogP contribution in [0.5, 0.6) is 0 Å². The summed E-state index contributed by atoms with van der Waals surface area (Å²) < 4.78 is 0. The van der Waals surface area contributed by atoms with Crippen LogP contribution in [0.15, 0.2) is 24.3 Å². The van der Waals surface area contributed by atoms with Crippen LogP contribution >= 0.6 is 11.6 Å². The summed E-state index contributed by atoms with van der Waals surface area (Å²) in [5.41, 5.74) is 7.21. The Hall–Kier alpha value is -1.06. The largest absolute Gasteiger partial charge is 0.340 e. The molecule has 0 saturated carbocycles. The summed E-state index contributed by atoms with van der Waals surface area (Å²) in [5, 5.41) is 0.714. The highest BCUT2D eigenvalue weighted by Crippen LogP contribution is 2.21. The monoisotopic (exact) mass is 294 g/mol. The van der Waals surface area contributed by atoms with E-state index in [0.29, 0.717) is 23.9 Å². The van der Waals surface area contributed by atoms with Gasteiger partial charge < -0.3 is 10.6 Å². The van der Waals surface area contributed by atoms with Crippen molar-refractivity contribution in [2.75, 3.05) is 6.54 Å². The van der Waals surface area contributed by atoms with Crippen molar-refractivity contribution in [2.24, 2.45) is 5.73 Å². The second-order valence-corrected chi connectivity index (χ2v) is 6.03. The summed E-state index contributed by atoms with van der Waals surface area (Å²) in [7, 11) is 0. The van der Waals surface area contributed by atoms with E-state index in [-0.39, 0.29) is 11.9 Å². The standard InChI is InChI=1S/C16H23ClN2O/c1-2-15-7-4-8-19(15)16(20)11-14(18)10-12-5-3-6-13(17)9-12/h3,5-6,9,14-15H,2,4,7-8,10-11,18H2,1H3/t14?,15-/m1/s1. The van der Waals surface area contributed by atoms with E-state index in [1.165, 1.54) is 0 Å². The van der Waals surface area contributed by atoms with Gasteiger partial charge in [0, 0.05) is 30.1 Å². The molecule has 110 valence electrons. The average molecular weight is 295 g/mol. The normalized spacial score (nSPS) is 20.1. The number of hydrogen-bond donors (Lipinski definition) is 1. The third kappa shape index (κ3) is 3.97. The summed E-state index contributed by atoms with van der Waals surface area (Å²) in [4.78, 5) is 14.3. The smallest absolute Gasteiger partial charge is 0.224 e. The fraction of sp³-hybridized carbons (Fsp3) is 0.562. The Balaban J connectivity index is 1.88. The van der Waals surface area contributed by atoms with Crippen LogP contribution in [0.25, 0.3) is 0 Å². The number of nitrogens with zero attached hydrogens (tertiary/aromatic N) is 1. The topological polar surface area (TPSA) is 46.3 Å². The first-order chi connectivity index (χ1) is 9.60. The molecule has 1 aliphatic rings. The van der Waals surface area contributed by atoms with Gasteiger partial charge in [-0.25, -0.2) is 0 Å². The zero-order valence-corrected chi connectivity index (χ0v) is 12.8. The van der Waals surface area contributed by atoms with Gasteiger partial charge in [-0.15, -0.1) is 0 Å². The number of likely N-dealkylation sites (tertiary alicyclic amines) is 1. The lowest BCUT2D eigenvalue weighted by molar-refractivity contribution is -0.132. The zero-order valence-electron chi connectivity index (χ0n) is 12.0. The zero-order chi connectivity index (χ0) is 14.5. The van der Waals surface area contributed by atoms with E-state index in [2.05, 4.69) is 6.92 Å². The number of nitrogens with two attached hydrogens (primary N) is 1. The van der Waals surface area contributed by atoms with Crippen LogP contribution in [0.2, 0.25) is 5.02 Å². The molecule has 0 spiro atoms. The summed E-state index contributed by atoms with van der Waals surface area (Å²) in [5.74, 6) is 0.198. The lowest BCUT2D eigenvalue weighted by Gasteiger charge is -2.25. The Morgan fingerprint density at radius 1 is 1.55 bits per heavy atom. The highest BCUT2D eigenvalue weighted by atomic mass is 35.5. The van der Waals surface area contributed by atoms with Crippen LogP contribution in [0, 0.1) is 0 Å². The van der Waals surface area contributed by atoms with Gasteiger partial charge in [0.25, 0.3) is 0 Å². The van der Waals surface area contributed by atoms with Crippen LogP contribution in [-0.2, 0) is 11.2 Å². The van der Waals surface area contributed by atoms with E-state index in [9.17, 15) is 4.79 Å². The molecule has 0 bridgehead atoms. The molecule has 0 radical (unpaired) electrons. The van der Waals surface area contributed by atoms with Crippen LogP contribution in [0.3, 0.4) is 0 Å². The predicted octanol–water partition coefficient (Wildman–Crippen LogP) is 3.00. The van der Waals surface area contributed by atoms with Crippen molar-refractivity contribution in [3.05, 3.63) is 34.9 Å². The number of halogens is 1. The minimum atomic E-state index is -0.140. The van der Waals surface area contributed by atoms with E-state index in [4.69, 9.17) is 17.3 Å². The third-order valence-corrected chi connectivity index (χ3v) is 4.23. The molecule has 1 amide bonds. The van der Waals surface area contributed by atoms with E-state index in [0.717, 1.165) is 31.4 Å². The minimum Gasteiger partial charge on any atom is -0.340 e. The van der Waals surface area contributed by atoms with Gasteiger partial charge in [-0.3, -0.25) is 4.79 Å². The number of amides is 1. The summed E-state index contributed by atoms with van der Waals surface area (Å²) in [6.07, 6.45) is 4.40. The van der Waals surface area contributed by atoms with Crippen LogP contribution in [0.1, 0.15) is 38.2 Å². The molecule has 4 heteroatoms. The Morgan fingerprint density at radius 2 is 2.35 bits per heavy atom. The van der Waals surface area contributed by atoms with Crippen molar-refractivity contribution in [1.29, 1.82) is 0 Å². The van der Waals surface area contributed by atoms with Gasteiger partial charge in [-0.1, -0.05) is 30.7 Å². The molecule has 1 aromatic carbocycles. The number of hydrogen-bond acceptors (Lipinski definition) is 2. The molecule has 1 fully saturated rings. The Kier molecular flexibility index (Phi) is 5.44. The quantitative estimate of drug-likeness (QED) is 0.907. The second-order valence-electron chi connectivity index (χ2n) is 5.59. The van der Waals surface area contributed by atoms with Gasteiger partial charge in [-0.05, 0) is 43.4 Å². The Bertz CT molecular complexity index is 464. The van der Waals surface area contributed by atoms with E-state index < -0.39 is 0 Å². The molecule has 2 rings (SSSR count). The van der Waals surface area contributed by atoms with E-state index in [1.54, 1.807) is 0 Å². The molecule has 20 heavy (non-hydrogen) atoms. The first kappa shape index (κ1) is 15.3. The number of rotatable bonds is 5. The highest BCUT2D eigenvalue weighted by Gasteiger charge is 2.27. The van der Waals surface area contributed by atoms with Crippen molar-refractivity contribution in [1.82, 2.24) is 4.90 Å². The van der Waals surface area contributed by atoms with Gasteiger partial charge in [0.15, 0.2) is 0 Å². The van der Waals surface area contributed by atoms with Gasteiger partial charge in [0.05, 0.1) is 0 Å². The summed E-state index contributed by atoms with van der Waals surface area (Å²) in [6, 6.07) is 7.95. The molecule has 2 N–H and O–H groups in total.